The van der Waals surface area contributed by atoms with Crippen molar-refractivity contribution in [2.75, 3.05) is 37.9 Å². The lowest BCUT2D eigenvalue weighted by Crippen LogP contribution is -2.52. The molecule has 0 unspecified atom stereocenters. The van der Waals surface area contributed by atoms with Crippen LogP contribution in [0.1, 0.15) is 32.3 Å². The smallest absolute Gasteiger partial charge is 0.244 e. The van der Waals surface area contributed by atoms with Gasteiger partial charge in [0, 0.05) is 13.1 Å². The maximum absolute atomic E-state index is 13.6. The van der Waals surface area contributed by atoms with Crippen molar-refractivity contribution in [3.8, 4) is 11.5 Å². The quantitative estimate of drug-likeness (QED) is 0.449. The fourth-order valence-electron chi connectivity index (χ4n) is 3.58. The Balaban J connectivity index is 2.40. The maximum Gasteiger partial charge on any atom is 0.244 e. The Morgan fingerprint density at radius 1 is 0.943 bits per heavy atom. The molecule has 9 nitrogen and oxygen atoms in total. The number of rotatable bonds is 13. The number of methoxy groups -OCH3 is 2. The molecule has 0 bridgehead atoms. The van der Waals surface area contributed by atoms with Crippen LogP contribution < -0.4 is 19.1 Å². The van der Waals surface area contributed by atoms with Gasteiger partial charge >= 0.3 is 0 Å². The summed E-state index contributed by atoms with van der Waals surface area (Å²) in [5.41, 5.74) is 1.12. The van der Waals surface area contributed by atoms with Crippen LogP contribution in [0, 0.1) is 0 Å². The first-order valence-corrected chi connectivity index (χ1v) is 13.3. The number of hydrogen-bond acceptors (Lipinski definition) is 6. The first-order valence-electron chi connectivity index (χ1n) is 11.5. The number of carbonyl (C=O) groups is 2. The summed E-state index contributed by atoms with van der Waals surface area (Å²) < 4.78 is 36.6. The monoisotopic (exact) mass is 505 g/mol. The third-order valence-corrected chi connectivity index (χ3v) is 6.63. The summed E-state index contributed by atoms with van der Waals surface area (Å²) in [4.78, 5) is 28.0. The molecule has 2 aromatic rings. The average molecular weight is 506 g/mol. The Morgan fingerprint density at radius 2 is 1.49 bits per heavy atom. The number of nitrogens with zero attached hydrogens (tertiary/aromatic N) is 2. The average Bonchev–Trinajstić information content (AvgIpc) is 2.85. The van der Waals surface area contributed by atoms with E-state index in [1.807, 2.05) is 26.0 Å². The molecule has 0 saturated carbocycles. The molecule has 35 heavy (non-hydrogen) atoms. The molecular weight excluding hydrogens is 470 g/mol. The van der Waals surface area contributed by atoms with Gasteiger partial charge in [-0.2, -0.15) is 0 Å². The number of amides is 2. The second kappa shape index (κ2) is 13.0. The summed E-state index contributed by atoms with van der Waals surface area (Å²) in [7, 11) is -0.710. The number of anilines is 1. The molecule has 2 rings (SSSR count). The van der Waals surface area contributed by atoms with Crippen LogP contribution in [0.3, 0.4) is 0 Å². The Bertz CT molecular complexity index is 1070. The van der Waals surface area contributed by atoms with Gasteiger partial charge in [-0.1, -0.05) is 26.0 Å². The fourth-order valence-corrected chi connectivity index (χ4v) is 4.42. The molecule has 2 amide bonds. The zero-order chi connectivity index (χ0) is 26.0. The van der Waals surface area contributed by atoms with Gasteiger partial charge in [-0.3, -0.25) is 13.9 Å². The highest BCUT2D eigenvalue weighted by molar-refractivity contribution is 7.92. The minimum Gasteiger partial charge on any atom is -0.497 e. The molecule has 1 N–H and O–H groups in total. The van der Waals surface area contributed by atoms with Crippen molar-refractivity contribution in [3.05, 3.63) is 54.1 Å². The van der Waals surface area contributed by atoms with Gasteiger partial charge in [0.05, 0.1) is 26.2 Å². The van der Waals surface area contributed by atoms with Crippen molar-refractivity contribution in [3.63, 3.8) is 0 Å². The standard InChI is InChI=1S/C25H35N3O6S/c1-6-16-26-25(30)23(7-2)27(17-19-8-12-21(33-3)13-9-19)24(29)18-28(35(5,31)32)20-10-14-22(34-4)15-11-20/h8-15,23H,6-7,16-18H2,1-5H3,(H,26,30)/t23-/m0/s1. The van der Waals surface area contributed by atoms with Gasteiger partial charge in [0.1, 0.15) is 24.1 Å². The molecule has 0 heterocycles. The van der Waals surface area contributed by atoms with Crippen LogP contribution in [0.5, 0.6) is 11.5 Å². The van der Waals surface area contributed by atoms with Crippen molar-refractivity contribution >= 4 is 27.5 Å². The van der Waals surface area contributed by atoms with Crippen LogP contribution in [0.15, 0.2) is 48.5 Å². The van der Waals surface area contributed by atoms with Crippen molar-refractivity contribution in [2.24, 2.45) is 0 Å². The molecular formula is C25H35N3O6S. The van der Waals surface area contributed by atoms with Gasteiger partial charge < -0.3 is 19.7 Å². The number of benzene rings is 2. The number of sulfonamides is 1. The van der Waals surface area contributed by atoms with Gasteiger partial charge in [0.25, 0.3) is 0 Å². The highest BCUT2D eigenvalue weighted by Gasteiger charge is 2.31. The van der Waals surface area contributed by atoms with Crippen molar-refractivity contribution in [1.29, 1.82) is 0 Å². The van der Waals surface area contributed by atoms with Crippen LogP contribution in [-0.2, 0) is 26.2 Å². The van der Waals surface area contributed by atoms with Crippen molar-refractivity contribution < 1.29 is 27.5 Å². The Kier molecular flexibility index (Phi) is 10.4. The zero-order valence-corrected chi connectivity index (χ0v) is 21.8. The predicted octanol–water partition coefficient (Wildman–Crippen LogP) is 2.80. The van der Waals surface area contributed by atoms with E-state index in [4.69, 9.17) is 9.47 Å². The SMILES string of the molecule is CCCNC(=O)[C@H](CC)N(Cc1ccc(OC)cc1)C(=O)CN(c1ccc(OC)cc1)S(C)(=O)=O. The number of ether oxygens (including phenoxy) is 2. The van der Waals surface area contributed by atoms with Crippen LogP contribution in [0.4, 0.5) is 5.69 Å². The lowest BCUT2D eigenvalue weighted by Gasteiger charge is -2.33. The topological polar surface area (TPSA) is 105 Å². The summed E-state index contributed by atoms with van der Waals surface area (Å²) in [6.45, 7) is 3.95. The van der Waals surface area contributed by atoms with Crippen molar-refractivity contribution in [2.45, 2.75) is 39.3 Å². The highest BCUT2D eigenvalue weighted by Crippen LogP contribution is 2.23. The molecule has 0 aliphatic carbocycles. The third-order valence-electron chi connectivity index (χ3n) is 5.49. The van der Waals surface area contributed by atoms with E-state index in [1.165, 1.54) is 12.0 Å². The van der Waals surface area contributed by atoms with E-state index in [2.05, 4.69) is 5.32 Å². The molecule has 0 aromatic heterocycles. The van der Waals surface area contributed by atoms with Gasteiger partial charge in [-0.15, -0.1) is 0 Å². The molecule has 2 aromatic carbocycles. The van der Waals surface area contributed by atoms with Gasteiger partial charge in [-0.05, 0) is 54.8 Å². The molecule has 192 valence electrons. The van der Waals surface area contributed by atoms with Crippen LogP contribution >= 0.6 is 0 Å². The van der Waals surface area contributed by atoms with E-state index in [0.717, 1.165) is 22.5 Å². The van der Waals surface area contributed by atoms with Gasteiger partial charge in [0.2, 0.25) is 21.8 Å². The van der Waals surface area contributed by atoms with Crippen molar-refractivity contribution in [1.82, 2.24) is 10.2 Å². The highest BCUT2D eigenvalue weighted by atomic mass is 32.2. The third kappa shape index (κ3) is 7.88. The van der Waals surface area contributed by atoms with Gasteiger partial charge in [-0.25, -0.2) is 8.42 Å². The van der Waals surface area contributed by atoms with E-state index >= 15 is 0 Å². The van der Waals surface area contributed by atoms with Crippen LogP contribution in [-0.4, -0.2) is 64.7 Å². The normalized spacial score (nSPS) is 11.9. The maximum atomic E-state index is 13.6. The second-order valence-electron chi connectivity index (χ2n) is 8.05. The summed E-state index contributed by atoms with van der Waals surface area (Å²) in [5, 5.41) is 2.85. The first kappa shape index (κ1) is 28.0. The molecule has 0 saturated heterocycles. The summed E-state index contributed by atoms with van der Waals surface area (Å²) in [5.74, 6) is 0.475. The molecule has 0 fully saturated rings. The number of hydrogen-bond donors (Lipinski definition) is 1. The molecule has 10 heteroatoms. The molecule has 0 aliphatic rings. The van der Waals surface area contributed by atoms with Crippen LogP contribution in [0.2, 0.25) is 0 Å². The largest absolute Gasteiger partial charge is 0.497 e. The lowest BCUT2D eigenvalue weighted by atomic mass is 10.1. The Labute approximate surface area is 208 Å². The Hall–Kier alpha value is -3.27. The number of carbonyl (C=O) groups excluding carboxylic acids is 2. The molecule has 0 aliphatic heterocycles. The molecule has 1 atom stereocenters. The summed E-state index contributed by atoms with van der Waals surface area (Å²) in [6, 6.07) is 12.8. The molecule has 0 spiro atoms. The first-order chi connectivity index (χ1) is 16.6. The second-order valence-corrected chi connectivity index (χ2v) is 9.96. The van der Waals surface area contributed by atoms with E-state index in [0.29, 0.717) is 30.2 Å². The summed E-state index contributed by atoms with van der Waals surface area (Å²) >= 11 is 0. The van der Waals surface area contributed by atoms with E-state index < -0.39 is 28.5 Å². The Morgan fingerprint density at radius 3 is 1.94 bits per heavy atom. The summed E-state index contributed by atoms with van der Waals surface area (Å²) in [6.07, 6.45) is 2.18. The van der Waals surface area contributed by atoms with Crippen LogP contribution in [0.25, 0.3) is 0 Å². The van der Waals surface area contributed by atoms with E-state index in [9.17, 15) is 18.0 Å². The van der Waals surface area contributed by atoms with Gasteiger partial charge in [0.15, 0.2) is 0 Å². The number of nitrogens with one attached hydrogen (secondary N) is 1. The lowest BCUT2D eigenvalue weighted by molar-refractivity contribution is -0.140. The zero-order valence-electron chi connectivity index (χ0n) is 21.0. The minimum absolute atomic E-state index is 0.140. The minimum atomic E-state index is -3.79. The predicted molar refractivity (Wildman–Crippen MR) is 136 cm³/mol. The van der Waals surface area contributed by atoms with E-state index in [1.54, 1.807) is 43.5 Å². The fraction of sp³-hybridized carbons (Fsp3) is 0.440. The van der Waals surface area contributed by atoms with E-state index in [-0.39, 0.29) is 12.5 Å². The molecule has 0 radical (unpaired) electrons.